The predicted octanol–water partition coefficient (Wildman–Crippen LogP) is 1.72. The van der Waals surface area contributed by atoms with Crippen molar-refractivity contribution < 1.29 is 0 Å². The molecule has 1 unspecified atom stereocenters. The molecule has 3 rings (SSSR count). The van der Waals surface area contributed by atoms with Crippen LogP contribution in [0.25, 0.3) is 5.65 Å². The third-order valence-corrected chi connectivity index (χ3v) is 3.91. The number of nitrogens with two attached hydrogens (primary N) is 1. The second kappa shape index (κ2) is 4.68. The predicted molar refractivity (Wildman–Crippen MR) is 75.0 cm³/mol. The summed E-state index contributed by atoms with van der Waals surface area (Å²) >= 11 is 0. The van der Waals surface area contributed by atoms with Crippen LogP contribution in [0.15, 0.2) is 12.4 Å². The molecule has 1 aliphatic rings. The SMILES string of the molecule is CC(C)C1CCCCN1c1nnc2c(N)nccn12. The minimum atomic E-state index is 0.430. The van der Waals surface area contributed by atoms with Crippen LogP contribution in [0.2, 0.25) is 0 Å². The van der Waals surface area contributed by atoms with Gasteiger partial charge in [-0.25, -0.2) is 4.98 Å². The summed E-state index contributed by atoms with van der Waals surface area (Å²) < 4.78 is 1.95. The standard InChI is InChI=1S/C13H20N6/c1-9(2)10-5-3-4-7-18(10)13-17-16-12-11(14)15-6-8-19(12)13/h6,8-10H,3-5,7H2,1-2H3,(H2,14,15). The summed E-state index contributed by atoms with van der Waals surface area (Å²) in [5.41, 5.74) is 6.48. The zero-order valence-corrected chi connectivity index (χ0v) is 11.5. The van der Waals surface area contributed by atoms with E-state index in [1.54, 1.807) is 6.20 Å². The van der Waals surface area contributed by atoms with E-state index in [0.717, 1.165) is 12.5 Å². The maximum Gasteiger partial charge on any atom is 0.232 e. The molecule has 0 spiro atoms. The number of fused-ring (bicyclic) bond motifs is 1. The minimum absolute atomic E-state index is 0.430. The molecule has 0 bridgehead atoms. The third-order valence-electron chi connectivity index (χ3n) is 3.91. The topological polar surface area (TPSA) is 72.3 Å². The van der Waals surface area contributed by atoms with Crippen LogP contribution in [0.3, 0.4) is 0 Å². The van der Waals surface area contributed by atoms with Crippen molar-refractivity contribution in [2.24, 2.45) is 5.92 Å². The first kappa shape index (κ1) is 12.2. The molecule has 0 amide bonds. The number of nitrogen functional groups attached to an aromatic ring is 1. The van der Waals surface area contributed by atoms with E-state index < -0.39 is 0 Å². The Morgan fingerprint density at radius 2 is 2.16 bits per heavy atom. The van der Waals surface area contributed by atoms with Gasteiger partial charge < -0.3 is 10.6 Å². The summed E-state index contributed by atoms with van der Waals surface area (Å²) in [6.07, 6.45) is 7.29. The van der Waals surface area contributed by atoms with Crippen LogP contribution in [-0.4, -0.2) is 32.2 Å². The van der Waals surface area contributed by atoms with Gasteiger partial charge >= 0.3 is 0 Å². The van der Waals surface area contributed by atoms with Gasteiger partial charge in [0.1, 0.15) is 0 Å². The number of anilines is 2. The van der Waals surface area contributed by atoms with E-state index in [4.69, 9.17) is 5.73 Å². The van der Waals surface area contributed by atoms with Crippen LogP contribution in [0.1, 0.15) is 33.1 Å². The molecule has 0 aromatic carbocycles. The summed E-state index contributed by atoms with van der Waals surface area (Å²) in [4.78, 5) is 6.42. The summed E-state index contributed by atoms with van der Waals surface area (Å²) in [5, 5.41) is 8.50. The van der Waals surface area contributed by atoms with Gasteiger partial charge in [0.15, 0.2) is 5.82 Å². The number of hydrogen-bond acceptors (Lipinski definition) is 5. The van der Waals surface area contributed by atoms with E-state index in [-0.39, 0.29) is 0 Å². The zero-order valence-electron chi connectivity index (χ0n) is 11.5. The molecule has 1 aliphatic heterocycles. The Bertz CT molecular complexity index is 576. The molecule has 6 heteroatoms. The molecule has 1 fully saturated rings. The van der Waals surface area contributed by atoms with Gasteiger partial charge in [0.05, 0.1) is 0 Å². The Hall–Kier alpha value is -1.85. The average Bonchev–Trinajstić information content (AvgIpc) is 2.84. The van der Waals surface area contributed by atoms with Gasteiger partial charge in [-0.15, -0.1) is 10.2 Å². The van der Waals surface area contributed by atoms with Gasteiger partial charge in [-0.2, -0.15) is 0 Å². The van der Waals surface area contributed by atoms with Crippen LogP contribution < -0.4 is 10.6 Å². The first-order chi connectivity index (χ1) is 9.18. The highest BCUT2D eigenvalue weighted by Gasteiger charge is 2.28. The molecule has 2 aromatic rings. The second-order valence-corrected chi connectivity index (χ2v) is 5.51. The molecule has 3 heterocycles. The van der Waals surface area contributed by atoms with Crippen LogP contribution in [-0.2, 0) is 0 Å². The first-order valence-electron chi connectivity index (χ1n) is 6.90. The Kier molecular flexibility index (Phi) is 3.00. The molecule has 2 N–H and O–H groups in total. The lowest BCUT2D eigenvalue weighted by Gasteiger charge is -2.38. The lowest BCUT2D eigenvalue weighted by molar-refractivity contribution is 0.369. The summed E-state index contributed by atoms with van der Waals surface area (Å²) in [6, 6.07) is 0.524. The van der Waals surface area contributed by atoms with Gasteiger partial charge in [0.2, 0.25) is 11.6 Å². The quantitative estimate of drug-likeness (QED) is 0.890. The van der Waals surface area contributed by atoms with Crippen molar-refractivity contribution in [3.05, 3.63) is 12.4 Å². The molecule has 2 aromatic heterocycles. The highest BCUT2D eigenvalue weighted by molar-refractivity contribution is 5.61. The fraction of sp³-hybridized carbons (Fsp3) is 0.615. The van der Waals surface area contributed by atoms with Crippen molar-refractivity contribution in [1.29, 1.82) is 0 Å². The molecule has 1 saturated heterocycles. The van der Waals surface area contributed by atoms with Crippen LogP contribution in [0.5, 0.6) is 0 Å². The third kappa shape index (κ3) is 2.01. The molecule has 6 nitrogen and oxygen atoms in total. The van der Waals surface area contributed by atoms with Gasteiger partial charge in [-0.05, 0) is 25.2 Å². The Morgan fingerprint density at radius 1 is 1.32 bits per heavy atom. The van der Waals surface area contributed by atoms with E-state index in [9.17, 15) is 0 Å². The summed E-state index contributed by atoms with van der Waals surface area (Å²) in [5.74, 6) is 1.92. The molecule has 19 heavy (non-hydrogen) atoms. The van der Waals surface area contributed by atoms with Crippen molar-refractivity contribution in [2.75, 3.05) is 17.2 Å². The van der Waals surface area contributed by atoms with Crippen molar-refractivity contribution in [1.82, 2.24) is 19.6 Å². The number of aromatic nitrogens is 4. The van der Waals surface area contributed by atoms with Crippen molar-refractivity contribution >= 4 is 17.4 Å². The highest BCUT2D eigenvalue weighted by atomic mass is 15.4. The Morgan fingerprint density at radius 3 is 2.95 bits per heavy atom. The van der Waals surface area contributed by atoms with Gasteiger partial charge in [-0.3, -0.25) is 4.40 Å². The van der Waals surface area contributed by atoms with Gasteiger partial charge in [-0.1, -0.05) is 13.8 Å². The molecule has 1 atom stereocenters. The normalized spacial score (nSPS) is 20.4. The minimum Gasteiger partial charge on any atom is -0.381 e. The fourth-order valence-electron chi connectivity index (χ4n) is 2.93. The van der Waals surface area contributed by atoms with Crippen LogP contribution >= 0.6 is 0 Å². The maximum absolute atomic E-state index is 5.84. The monoisotopic (exact) mass is 260 g/mol. The summed E-state index contributed by atoms with van der Waals surface area (Å²) in [6.45, 7) is 5.57. The van der Waals surface area contributed by atoms with Crippen molar-refractivity contribution in [3.63, 3.8) is 0 Å². The average molecular weight is 260 g/mol. The molecular weight excluding hydrogens is 240 g/mol. The number of rotatable bonds is 2. The zero-order chi connectivity index (χ0) is 13.4. The van der Waals surface area contributed by atoms with E-state index in [0.29, 0.717) is 23.4 Å². The lowest BCUT2D eigenvalue weighted by atomic mass is 9.93. The number of piperidine rings is 1. The van der Waals surface area contributed by atoms with Crippen LogP contribution in [0, 0.1) is 5.92 Å². The van der Waals surface area contributed by atoms with E-state index in [2.05, 4.69) is 33.9 Å². The lowest BCUT2D eigenvalue weighted by Crippen LogP contribution is -2.43. The molecule has 0 radical (unpaired) electrons. The number of nitrogens with zero attached hydrogens (tertiary/aromatic N) is 5. The van der Waals surface area contributed by atoms with E-state index in [1.165, 1.54) is 19.3 Å². The molecule has 0 saturated carbocycles. The van der Waals surface area contributed by atoms with Gasteiger partial charge in [0, 0.05) is 25.0 Å². The van der Waals surface area contributed by atoms with Crippen molar-refractivity contribution in [3.8, 4) is 0 Å². The molecular formula is C13H20N6. The van der Waals surface area contributed by atoms with Crippen molar-refractivity contribution in [2.45, 2.75) is 39.2 Å². The Labute approximate surface area is 112 Å². The van der Waals surface area contributed by atoms with Gasteiger partial charge in [0.25, 0.3) is 0 Å². The molecule has 102 valence electrons. The maximum atomic E-state index is 5.84. The van der Waals surface area contributed by atoms with E-state index in [1.807, 2.05) is 10.6 Å². The largest absolute Gasteiger partial charge is 0.381 e. The smallest absolute Gasteiger partial charge is 0.232 e. The first-order valence-corrected chi connectivity index (χ1v) is 6.90. The summed E-state index contributed by atoms with van der Waals surface area (Å²) in [7, 11) is 0. The van der Waals surface area contributed by atoms with E-state index >= 15 is 0 Å². The van der Waals surface area contributed by atoms with Crippen LogP contribution in [0.4, 0.5) is 11.8 Å². The Balaban J connectivity index is 2.05. The second-order valence-electron chi connectivity index (χ2n) is 5.51. The molecule has 0 aliphatic carbocycles. The fourth-order valence-corrected chi connectivity index (χ4v) is 2.93. The highest BCUT2D eigenvalue weighted by Crippen LogP contribution is 2.28. The number of hydrogen-bond donors (Lipinski definition) is 1.